The summed E-state index contributed by atoms with van der Waals surface area (Å²) in [5.41, 5.74) is 0.748. The van der Waals surface area contributed by atoms with E-state index in [1.807, 2.05) is 18.2 Å². The highest BCUT2D eigenvalue weighted by molar-refractivity contribution is 9.12. The van der Waals surface area contributed by atoms with Crippen molar-refractivity contribution >= 4 is 27.5 Å². The SMILES string of the molecule is O=C(C#CBr)Nc1ccccc1. The molecule has 0 aliphatic rings. The third-order valence-corrected chi connectivity index (χ3v) is 1.39. The highest BCUT2D eigenvalue weighted by Gasteiger charge is 1.94. The van der Waals surface area contributed by atoms with Gasteiger partial charge in [-0.25, -0.2) is 0 Å². The van der Waals surface area contributed by atoms with Crippen molar-refractivity contribution in [2.75, 3.05) is 5.32 Å². The van der Waals surface area contributed by atoms with E-state index in [1.165, 1.54) is 0 Å². The van der Waals surface area contributed by atoms with Crippen LogP contribution in [0.25, 0.3) is 0 Å². The van der Waals surface area contributed by atoms with E-state index >= 15 is 0 Å². The van der Waals surface area contributed by atoms with Crippen molar-refractivity contribution in [1.29, 1.82) is 0 Å². The minimum absolute atomic E-state index is 0.321. The van der Waals surface area contributed by atoms with Crippen molar-refractivity contribution in [1.82, 2.24) is 0 Å². The fourth-order valence-corrected chi connectivity index (χ4v) is 0.907. The van der Waals surface area contributed by atoms with Crippen LogP contribution in [0.4, 0.5) is 5.69 Å². The number of carbonyl (C=O) groups is 1. The fourth-order valence-electron chi connectivity index (χ4n) is 0.727. The van der Waals surface area contributed by atoms with Crippen LogP contribution < -0.4 is 5.32 Å². The van der Waals surface area contributed by atoms with Gasteiger partial charge in [0, 0.05) is 27.5 Å². The van der Waals surface area contributed by atoms with Gasteiger partial charge in [0.2, 0.25) is 0 Å². The second-order valence-corrected chi connectivity index (χ2v) is 2.44. The second kappa shape index (κ2) is 4.58. The molecule has 0 aromatic heterocycles. The van der Waals surface area contributed by atoms with Crippen LogP contribution in [0.15, 0.2) is 30.3 Å². The molecule has 0 unspecified atom stereocenters. The smallest absolute Gasteiger partial charge is 0.301 e. The van der Waals surface area contributed by atoms with Crippen molar-refractivity contribution in [3.05, 3.63) is 30.3 Å². The van der Waals surface area contributed by atoms with Crippen molar-refractivity contribution < 1.29 is 4.79 Å². The monoisotopic (exact) mass is 223 g/mol. The number of nitrogens with one attached hydrogen (secondary N) is 1. The van der Waals surface area contributed by atoms with Crippen LogP contribution >= 0.6 is 15.9 Å². The van der Waals surface area contributed by atoms with E-state index in [9.17, 15) is 4.79 Å². The molecule has 1 amide bonds. The Morgan fingerprint density at radius 1 is 1.33 bits per heavy atom. The molecule has 0 saturated heterocycles. The molecular formula is C9H6BrNO. The van der Waals surface area contributed by atoms with Gasteiger partial charge in [-0.15, -0.1) is 0 Å². The number of hydrogen-bond donors (Lipinski definition) is 1. The fraction of sp³-hybridized carbons (Fsp3) is 0. The van der Waals surface area contributed by atoms with Crippen molar-refractivity contribution in [2.45, 2.75) is 0 Å². The molecule has 0 atom stereocenters. The first kappa shape index (κ1) is 8.82. The highest BCUT2D eigenvalue weighted by atomic mass is 79.9. The third kappa shape index (κ3) is 2.77. The van der Waals surface area contributed by atoms with Gasteiger partial charge in [0.25, 0.3) is 0 Å². The first-order chi connectivity index (χ1) is 5.83. The minimum atomic E-state index is -0.321. The number of halogens is 1. The quantitative estimate of drug-likeness (QED) is 0.726. The normalized spacial score (nSPS) is 8.08. The molecule has 2 nitrogen and oxygen atoms in total. The lowest BCUT2D eigenvalue weighted by Crippen LogP contribution is -2.07. The Balaban J connectivity index is 2.63. The summed E-state index contributed by atoms with van der Waals surface area (Å²) in [6, 6.07) is 9.17. The molecule has 1 N–H and O–H groups in total. The Kier molecular flexibility index (Phi) is 3.36. The van der Waals surface area contributed by atoms with Gasteiger partial charge in [0.15, 0.2) is 0 Å². The van der Waals surface area contributed by atoms with Crippen molar-refractivity contribution in [3.8, 4) is 10.8 Å². The summed E-state index contributed by atoms with van der Waals surface area (Å²) in [5, 5.41) is 2.60. The zero-order valence-corrected chi connectivity index (χ0v) is 7.76. The lowest BCUT2D eigenvalue weighted by atomic mass is 10.3. The Bertz CT molecular complexity index is 323. The van der Waals surface area contributed by atoms with Crippen LogP contribution in [0.5, 0.6) is 0 Å². The molecule has 0 aliphatic carbocycles. The molecule has 0 radical (unpaired) electrons. The first-order valence-corrected chi connectivity index (χ1v) is 4.10. The number of carbonyl (C=O) groups excluding carboxylic acids is 1. The predicted molar refractivity (Wildman–Crippen MR) is 51.8 cm³/mol. The Hall–Kier alpha value is -1.27. The summed E-state index contributed by atoms with van der Waals surface area (Å²) < 4.78 is 0. The van der Waals surface area contributed by atoms with E-state index in [4.69, 9.17) is 0 Å². The Morgan fingerprint density at radius 3 is 2.58 bits per heavy atom. The molecule has 0 fully saturated rings. The molecule has 60 valence electrons. The van der Waals surface area contributed by atoms with E-state index < -0.39 is 0 Å². The average molecular weight is 224 g/mol. The van der Waals surface area contributed by atoms with Crippen LogP contribution in [0.2, 0.25) is 0 Å². The molecule has 0 heterocycles. The lowest BCUT2D eigenvalue weighted by Gasteiger charge is -1.97. The third-order valence-electron chi connectivity index (χ3n) is 1.19. The number of amides is 1. The minimum Gasteiger partial charge on any atom is -0.315 e. The zero-order valence-electron chi connectivity index (χ0n) is 6.17. The van der Waals surface area contributed by atoms with E-state index in [-0.39, 0.29) is 5.91 Å². The summed E-state index contributed by atoms with van der Waals surface area (Å²) in [7, 11) is 0. The summed E-state index contributed by atoms with van der Waals surface area (Å²) in [6.07, 6.45) is 0. The van der Waals surface area contributed by atoms with Gasteiger partial charge in [-0.1, -0.05) is 18.2 Å². The van der Waals surface area contributed by atoms with Gasteiger partial charge in [-0.2, -0.15) is 0 Å². The number of rotatable bonds is 1. The molecule has 12 heavy (non-hydrogen) atoms. The van der Waals surface area contributed by atoms with Crippen LogP contribution in [0.1, 0.15) is 0 Å². The Morgan fingerprint density at radius 2 is 2.00 bits per heavy atom. The maximum Gasteiger partial charge on any atom is 0.301 e. The number of anilines is 1. The largest absolute Gasteiger partial charge is 0.315 e. The maximum absolute atomic E-state index is 10.9. The summed E-state index contributed by atoms with van der Waals surface area (Å²) >= 11 is 2.84. The van der Waals surface area contributed by atoms with Crippen LogP contribution in [0, 0.1) is 10.8 Å². The molecule has 1 aromatic rings. The summed E-state index contributed by atoms with van der Waals surface area (Å²) in [5.74, 6) is 1.99. The van der Waals surface area contributed by atoms with E-state index in [1.54, 1.807) is 12.1 Å². The van der Waals surface area contributed by atoms with Gasteiger partial charge in [0.05, 0.1) is 0 Å². The molecule has 0 spiro atoms. The van der Waals surface area contributed by atoms with E-state index in [0.717, 1.165) is 5.69 Å². The van der Waals surface area contributed by atoms with Crippen LogP contribution in [0.3, 0.4) is 0 Å². The Labute approximate surface area is 79.1 Å². The molecule has 1 rings (SSSR count). The van der Waals surface area contributed by atoms with Crippen molar-refractivity contribution in [3.63, 3.8) is 0 Å². The topological polar surface area (TPSA) is 29.1 Å². The van der Waals surface area contributed by atoms with Gasteiger partial charge < -0.3 is 5.32 Å². The van der Waals surface area contributed by atoms with Gasteiger partial charge in [-0.3, -0.25) is 4.79 Å². The van der Waals surface area contributed by atoms with E-state index in [0.29, 0.717) is 0 Å². The lowest BCUT2D eigenvalue weighted by molar-refractivity contribution is -0.111. The molecule has 3 heteroatoms. The second-order valence-electron chi connectivity index (χ2n) is 2.04. The van der Waals surface area contributed by atoms with Gasteiger partial charge in [0.1, 0.15) is 0 Å². The summed E-state index contributed by atoms with van der Waals surface area (Å²) in [6.45, 7) is 0. The first-order valence-electron chi connectivity index (χ1n) is 3.30. The number of para-hydroxylation sites is 1. The van der Waals surface area contributed by atoms with Gasteiger partial charge in [-0.05, 0) is 17.0 Å². The standard InChI is InChI=1S/C9H6BrNO/c10-7-6-9(12)11-8-4-2-1-3-5-8/h1-5H,(H,11,12). The summed E-state index contributed by atoms with van der Waals surface area (Å²) in [4.78, 5) is 13.2. The van der Waals surface area contributed by atoms with Crippen LogP contribution in [-0.2, 0) is 4.79 Å². The maximum atomic E-state index is 10.9. The highest BCUT2D eigenvalue weighted by Crippen LogP contribution is 2.03. The van der Waals surface area contributed by atoms with Crippen molar-refractivity contribution in [2.24, 2.45) is 0 Å². The molecular weight excluding hydrogens is 218 g/mol. The zero-order chi connectivity index (χ0) is 8.81. The molecule has 0 saturated carbocycles. The number of hydrogen-bond acceptors (Lipinski definition) is 1. The molecule has 1 aromatic carbocycles. The molecule has 0 bridgehead atoms. The number of benzene rings is 1. The van der Waals surface area contributed by atoms with Gasteiger partial charge >= 0.3 is 5.91 Å². The average Bonchev–Trinajstić information content (AvgIpc) is 2.06. The van der Waals surface area contributed by atoms with E-state index in [2.05, 4.69) is 32.0 Å². The molecule has 0 aliphatic heterocycles. The van der Waals surface area contributed by atoms with Crippen LogP contribution in [-0.4, -0.2) is 5.91 Å². The predicted octanol–water partition coefficient (Wildman–Crippen LogP) is 1.98.